The van der Waals surface area contributed by atoms with Gasteiger partial charge in [-0.2, -0.15) is 0 Å². The lowest BCUT2D eigenvalue weighted by Crippen LogP contribution is -2.51. The molecule has 0 amide bonds. The van der Waals surface area contributed by atoms with Crippen LogP contribution in [0.5, 0.6) is 0 Å². The van der Waals surface area contributed by atoms with E-state index in [9.17, 15) is 8.78 Å². The number of anilines is 1. The van der Waals surface area contributed by atoms with Crippen molar-refractivity contribution in [2.45, 2.75) is 18.3 Å². The van der Waals surface area contributed by atoms with Gasteiger partial charge in [0.1, 0.15) is 11.6 Å². The van der Waals surface area contributed by atoms with Crippen molar-refractivity contribution in [3.05, 3.63) is 65.7 Å². The highest BCUT2D eigenvalue weighted by Gasteiger charge is 2.34. The number of halogens is 3. The highest BCUT2D eigenvalue weighted by atomic mass is 127. The maximum atomic E-state index is 13.4. The van der Waals surface area contributed by atoms with Crippen molar-refractivity contribution in [3.8, 4) is 0 Å². The Labute approximate surface area is 199 Å². The Morgan fingerprint density at radius 2 is 1.45 bits per heavy atom. The van der Waals surface area contributed by atoms with Gasteiger partial charge in [0.2, 0.25) is 0 Å². The van der Waals surface area contributed by atoms with Gasteiger partial charge in [0.05, 0.1) is 6.54 Å². The summed E-state index contributed by atoms with van der Waals surface area (Å²) < 4.78 is 32.1. The summed E-state index contributed by atoms with van der Waals surface area (Å²) in [6.45, 7) is 5.04. The van der Waals surface area contributed by atoms with E-state index in [2.05, 4.69) is 9.80 Å². The molecule has 4 rings (SSSR count). The summed E-state index contributed by atoms with van der Waals surface area (Å²) in [5.74, 6) is 0.0849. The van der Waals surface area contributed by atoms with E-state index in [1.54, 1.807) is 12.1 Å². The van der Waals surface area contributed by atoms with E-state index in [0.29, 0.717) is 25.7 Å². The molecule has 5 nitrogen and oxygen atoms in total. The molecule has 0 atom stereocenters. The van der Waals surface area contributed by atoms with Gasteiger partial charge >= 0.3 is 0 Å². The van der Waals surface area contributed by atoms with Crippen LogP contribution >= 0.6 is 24.0 Å². The van der Waals surface area contributed by atoms with Crippen molar-refractivity contribution in [2.24, 2.45) is 10.7 Å². The average Bonchev–Trinajstić information content (AvgIpc) is 2.79. The van der Waals surface area contributed by atoms with Crippen molar-refractivity contribution in [3.63, 3.8) is 0 Å². The van der Waals surface area contributed by atoms with Gasteiger partial charge in [-0.1, -0.05) is 12.1 Å². The zero-order valence-electron chi connectivity index (χ0n) is 17.5. The van der Waals surface area contributed by atoms with E-state index in [4.69, 9.17) is 15.5 Å². The standard InChI is InChI=1S/C23H28F2N4O.HI/c24-19-3-1-18(2-4-19)23(9-15-30-16-10-23)17-27-22(26)29-13-11-28(12-14-29)21-7-5-20(25)6-8-21;/h1-8H,9-17H2,(H2,26,27);1H. The van der Waals surface area contributed by atoms with Gasteiger partial charge in [-0.3, -0.25) is 4.99 Å². The largest absolute Gasteiger partial charge is 0.381 e. The summed E-state index contributed by atoms with van der Waals surface area (Å²) in [5.41, 5.74) is 8.28. The van der Waals surface area contributed by atoms with Gasteiger partial charge in [-0.15, -0.1) is 24.0 Å². The molecule has 0 aromatic heterocycles. The number of ether oxygens (including phenoxy) is 1. The van der Waals surface area contributed by atoms with E-state index >= 15 is 0 Å². The highest BCUT2D eigenvalue weighted by Crippen LogP contribution is 2.35. The van der Waals surface area contributed by atoms with Gasteiger partial charge in [0.15, 0.2) is 5.96 Å². The topological polar surface area (TPSA) is 54.1 Å². The third kappa shape index (κ3) is 5.65. The van der Waals surface area contributed by atoms with Crippen LogP contribution in [0.1, 0.15) is 18.4 Å². The Balaban J connectivity index is 0.00000272. The van der Waals surface area contributed by atoms with Crippen LogP contribution in [0.3, 0.4) is 0 Å². The van der Waals surface area contributed by atoms with Crippen molar-refractivity contribution < 1.29 is 13.5 Å². The van der Waals surface area contributed by atoms with Crippen molar-refractivity contribution in [1.82, 2.24) is 4.90 Å². The van der Waals surface area contributed by atoms with Crippen molar-refractivity contribution in [1.29, 1.82) is 0 Å². The van der Waals surface area contributed by atoms with Gasteiger partial charge in [-0.25, -0.2) is 8.78 Å². The summed E-state index contributed by atoms with van der Waals surface area (Å²) >= 11 is 0. The number of guanidine groups is 1. The van der Waals surface area contributed by atoms with E-state index < -0.39 is 0 Å². The second kappa shape index (κ2) is 10.6. The number of aliphatic imine (C=N–C) groups is 1. The number of hydrogen-bond acceptors (Lipinski definition) is 3. The molecule has 2 saturated heterocycles. The number of benzene rings is 2. The summed E-state index contributed by atoms with van der Waals surface area (Å²) in [7, 11) is 0. The first-order valence-corrected chi connectivity index (χ1v) is 10.4. The first-order chi connectivity index (χ1) is 14.6. The quantitative estimate of drug-likeness (QED) is 0.363. The molecule has 0 bridgehead atoms. The molecule has 2 fully saturated rings. The summed E-state index contributed by atoms with van der Waals surface area (Å²) in [6, 6.07) is 13.3. The molecule has 2 heterocycles. The summed E-state index contributed by atoms with van der Waals surface area (Å²) in [6.07, 6.45) is 1.68. The molecular formula is C23H29F2IN4O. The SMILES string of the molecule is I.NC(=NCC1(c2ccc(F)cc2)CCOCC1)N1CCN(c2ccc(F)cc2)CC1. The molecule has 0 unspecified atom stereocenters. The third-order valence-corrected chi connectivity index (χ3v) is 6.25. The first kappa shape index (κ1) is 23.7. The van der Waals surface area contributed by atoms with Crippen LogP contribution < -0.4 is 10.6 Å². The fourth-order valence-corrected chi connectivity index (χ4v) is 4.28. The highest BCUT2D eigenvalue weighted by molar-refractivity contribution is 14.0. The van der Waals surface area contributed by atoms with Crippen molar-refractivity contribution in [2.75, 3.05) is 50.8 Å². The van der Waals surface area contributed by atoms with Crippen LogP contribution in [-0.4, -0.2) is 56.8 Å². The van der Waals surface area contributed by atoms with E-state index in [-0.39, 0.29) is 41.0 Å². The minimum atomic E-state index is -0.233. The molecule has 2 aromatic carbocycles. The molecule has 0 saturated carbocycles. The molecule has 2 N–H and O–H groups in total. The van der Waals surface area contributed by atoms with Crippen molar-refractivity contribution >= 4 is 35.6 Å². The fraction of sp³-hybridized carbons (Fsp3) is 0.435. The Hall–Kier alpha value is -1.94. The van der Waals surface area contributed by atoms with Crippen LogP contribution in [0.2, 0.25) is 0 Å². The normalized spacial score (nSPS) is 19.1. The van der Waals surface area contributed by atoms with Crippen LogP contribution in [0.25, 0.3) is 0 Å². The van der Waals surface area contributed by atoms with Gasteiger partial charge < -0.3 is 20.3 Å². The third-order valence-electron chi connectivity index (χ3n) is 6.25. The molecule has 2 aliphatic heterocycles. The zero-order valence-corrected chi connectivity index (χ0v) is 19.8. The lowest BCUT2D eigenvalue weighted by Gasteiger charge is -2.38. The second-order valence-electron chi connectivity index (χ2n) is 8.02. The fourth-order valence-electron chi connectivity index (χ4n) is 4.28. The number of nitrogens with two attached hydrogens (primary N) is 1. The maximum absolute atomic E-state index is 13.4. The molecule has 0 spiro atoms. The molecule has 0 aliphatic carbocycles. The predicted octanol–water partition coefficient (Wildman–Crippen LogP) is 3.77. The molecule has 8 heteroatoms. The lowest BCUT2D eigenvalue weighted by molar-refractivity contribution is 0.0530. The van der Waals surface area contributed by atoms with Gasteiger partial charge in [0, 0.05) is 50.5 Å². The Bertz CT molecular complexity index is 862. The number of piperazine rings is 1. The van der Waals surface area contributed by atoms with E-state index in [0.717, 1.165) is 50.3 Å². The van der Waals surface area contributed by atoms with Crippen LogP contribution in [0.15, 0.2) is 53.5 Å². The monoisotopic (exact) mass is 542 g/mol. The Kier molecular flexibility index (Phi) is 8.10. The van der Waals surface area contributed by atoms with E-state index in [1.807, 2.05) is 12.1 Å². The number of nitrogens with zero attached hydrogens (tertiary/aromatic N) is 3. The minimum Gasteiger partial charge on any atom is -0.381 e. The molecule has 2 aromatic rings. The molecule has 31 heavy (non-hydrogen) atoms. The second-order valence-corrected chi connectivity index (χ2v) is 8.02. The van der Waals surface area contributed by atoms with Crippen LogP contribution in [-0.2, 0) is 10.2 Å². The van der Waals surface area contributed by atoms with Gasteiger partial charge in [-0.05, 0) is 54.8 Å². The van der Waals surface area contributed by atoms with Crippen LogP contribution in [0, 0.1) is 11.6 Å². The maximum Gasteiger partial charge on any atom is 0.191 e. The first-order valence-electron chi connectivity index (χ1n) is 10.4. The smallest absolute Gasteiger partial charge is 0.191 e. The molecule has 2 aliphatic rings. The Morgan fingerprint density at radius 1 is 0.903 bits per heavy atom. The van der Waals surface area contributed by atoms with E-state index in [1.165, 1.54) is 24.3 Å². The van der Waals surface area contributed by atoms with Gasteiger partial charge in [0.25, 0.3) is 0 Å². The van der Waals surface area contributed by atoms with Crippen LogP contribution in [0.4, 0.5) is 14.5 Å². The minimum absolute atomic E-state index is 0. The average molecular weight is 542 g/mol. The molecule has 168 valence electrons. The Morgan fingerprint density at radius 3 is 2.03 bits per heavy atom. The number of rotatable bonds is 4. The molecule has 0 radical (unpaired) electrons. The zero-order chi connectivity index (χ0) is 21.0. The number of hydrogen-bond donors (Lipinski definition) is 1. The lowest BCUT2D eigenvalue weighted by atomic mass is 9.74. The molecular weight excluding hydrogens is 513 g/mol. The summed E-state index contributed by atoms with van der Waals surface area (Å²) in [4.78, 5) is 9.07. The summed E-state index contributed by atoms with van der Waals surface area (Å²) in [5, 5.41) is 0. The predicted molar refractivity (Wildman–Crippen MR) is 130 cm³/mol.